The molecule has 0 bridgehead atoms. The molecule has 9 nitrogen and oxygen atoms in total. The van der Waals surface area contributed by atoms with Gasteiger partial charge in [0.2, 0.25) is 5.91 Å². The smallest absolute Gasteiger partial charge is 0.319 e. The van der Waals surface area contributed by atoms with Gasteiger partial charge in [0, 0.05) is 61.2 Å². The number of anilines is 1. The number of hydrogen-bond acceptors (Lipinski definition) is 4. The molecule has 0 spiro atoms. The fourth-order valence-electron chi connectivity index (χ4n) is 3.81. The molecule has 1 atom stereocenters. The average molecular weight is 440 g/mol. The highest BCUT2D eigenvalue weighted by Gasteiger charge is 2.17. The van der Waals surface area contributed by atoms with Crippen molar-refractivity contribution in [1.29, 1.82) is 0 Å². The predicted octanol–water partition coefficient (Wildman–Crippen LogP) is 2.67. The molecule has 1 unspecified atom stereocenters. The Hall–Kier alpha value is -3.33. The van der Waals surface area contributed by atoms with E-state index >= 15 is 0 Å². The van der Waals surface area contributed by atoms with E-state index in [0.29, 0.717) is 31.9 Å². The second-order valence-corrected chi connectivity index (χ2v) is 8.05. The molecule has 0 fully saturated rings. The largest absolute Gasteiger partial charge is 0.342 e. The van der Waals surface area contributed by atoms with E-state index in [0.717, 1.165) is 16.5 Å². The maximum atomic E-state index is 12.5. The number of nitrogens with one attached hydrogen (secondary N) is 2. The van der Waals surface area contributed by atoms with Gasteiger partial charge in [0.15, 0.2) is 0 Å². The molecule has 9 heteroatoms. The van der Waals surface area contributed by atoms with Crippen molar-refractivity contribution < 1.29 is 9.59 Å². The number of aromatic nitrogens is 3. The third kappa shape index (κ3) is 5.47. The van der Waals surface area contributed by atoms with Crippen LogP contribution in [0, 0.1) is 0 Å². The van der Waals surface area contributed by atoms with E-state index in [-0.39, 0.29) is 18.0 Å². The molecule has 2 heterocycles. The highest BCUT2D eigenvalue weighted by atomic mass is 16.2. The number of aryl methyl sites for hydroxylation is 1. The zero-order chi connectivity index (χ0) is 23.3. The Bertz CT molecular complexity index is 1070. The molecule has 0 radical (unpaired) electrons. The quantitative estimate of drug-likeness (QED) is 0.537. The van der Waals surface area contributed by atoms with Crippen LogP contribution in [0.2, 0.25) is 0 Å². The SMILES string of the molecule is CCN(CC)C(=O)Cn1ccc2cc(NC(=O)NCC(c3cnn(C)c3)N(C)C)ccc21. The summed E-state index contributed by atoms with van der Waals surface area (Å²) in [7, 11) is 5.82. The van der Waals surface area contributed by atoms with Gasteiger partial charge in [-0.05, 0) is 52.2 Å². The molecular formula is C23H33N7O2. The first-order valence-electron chi connectivity index (χ1n) is 10.9. The Morgan fingerprint density at radius 2 is 1.91 bits per heavy atom. The molecule has 3 aromatic rings. The second-order valence-electron chi connectivity index (χ2n) is 8.05. The Morgan fingerprint density at radius 3 is 2.53 bits per heavy atom. The maximum Gasteiger partial charge on any atom is 0.319 e. The number of fused-ring (bicyclic) bond motifs is 1. The lowest BCUT2D eigenvalue weighted by atomic mass is 10.1. The molecule has 32 heavy (non-hydrogen) atoms. The van der Waals surface area contributed by atoms with Crippen LogP contribution in [0.4, 0.5) is 10.5 Å². The Labute approximate surface area is 189 Å². The third-order valence-electron chi connectivity index (χ3n) is 5.64. The number of benzene rings is 1. The minimum absolute atomic E-state index is 0.0225. The van der Waals surface area contributed by atoms with Gasteiger partial charge in [-0.15, -0.1) is 0 Å². The minimum atomic E-state index is -0.267. The summed E-state index contributed by atoms with van der Waals surface area (Å²) >= 11 is 0. The van der Waals surface area contributed by atoms with E-state index in [1.165, 1.54) is 0 Å². The summed E-state index contributed by atoms with van der Waals surface area (Å²) < 4.78 is 3.69. The maximum absolute atomic E-state index is 12.5. The number of hydrogen-bond donors (Lipinski definition) is 2. The number of carbonyl (C=O) groups is 2. The van der Waals surface area contributed by atoms with Crippen LogP contribution in [-0.2, 0) is 18.4 Å². The van der Waals surface area contributed by atoms with Gasteiger partial charge in [-0.3, -0.25) is 9.48 Å². The van der Waals surface area contributed by atoms with Crippen molar-refractivity contribution in [2.24, 2.45) is 7.05 Å². The summed E-state index contributed by atoms with van der Waals surface area (Å²) in [5.74, 6) is 0.0955. The van der Waals surface area contributed by atoms with E-state index < -0.39 is 0 Å². The van der Waals surface area contributed by atoms with Crippen molar-refractivity contribution >= 4 is 28.5 Å². The molecular weight excluding hydrogens is 406 g/mol. The van der Waals surface area contributed by atoms with Gasteiger partial charge < -0.3 is 25.0 Å². The third-order valence-corrected chi connectivity index (χ3v) is 5.64. The Balaban J connectivity index is 1.62. The molecule has 3 rings (SSSR count). The van der Waals surface area contributed by atoms with Gasteiger partial charge in [0.25, 0.3) is 0 Å². The zero-order valence-corrected chi connectivity index (χ0v) is 19.5. The topological polar surface area (TPSA) is 87.4 Å². The second kappa shape index (κ2) is 10.3. The van der Waals surface area contributed by atoms with Gasteiger partial charge in [-0.25, -0.2) is 4.79 Å². The predicted molar refractivity (Wildman–Crippen MR) is 127 cm³/mol. The van der Waals surface area contributed by atoms with Crippen LogP contribution < -0.4 is 10.6 Å². The van der Waals surface area contributed by atoms with Gasteiger partial charge in [-0.1, -0.05) is 0 Å². The van der Waals surface area contributed by atoms with Gasteiger partial charge >= 0.3 is 6.03 Å². The van der Waals surface area contributed by atoms with Crippen molar-refractivity contribution in [3.8, 4) is 0 Å². The minimum Gasteiger partial charge on any atom is -0.342 e. The van der Waals surface area contributed by atoms with Crippen molar-refractivity contribution in [3.63, 3.8) is 0 Å². The van der Waals surface area contributed by atoms with Crippen molar-refractivity contribution in [2.75, 3.05) is 39.0 Å². The standard InChI is InChI=1S/C23H33N7O2/c1-6-29(7-2)22(31)16-30-11-10-17-12-19(8-9-20(17)30)26-23(32)24-14-21(27(3)4)18-13-25-28(5)15-18/h8-13,15,21H,6-7,14,16H2,1-5H3,(H2,24,26,32). The molecule has 1 aromatic carbocycles. The number of nitrogens with zero attached hydrogens (tertiary/aromatic N) is 5. The summed E-state index contributed by atoms with van der Waals surface area (Å²) in [6.07, 6.45) is 5.67. The molecule has 2 N–H and O–H groups in total. The van der Waals surface area contributed by atoms with Crippen molar-refractivity contribution in [2.45, 2.75) is 26.4 Å². The summed E-state index contributed by atoms with van der Waals surface area (Å²) in [5, 5.41) is 11.0. The van der Waals surface area contributed by atoms with Gasteiger partial charge in [0.05, 0.1) is 12.2 Å². The van der Waals surface area contributed by atoms with Crippen LogP contribution in [0.15, 0.2) is 42.9 Å². The van der Waals surface area contributed by atoms with Gasteiger partial charge in [-0.2, -0.15) is 5.10 Å². The summed E-state index contributed by atoms with van der Waals surface area (Å²) in [6.45, 7) is 6.13. The van der Waals surface area contributed by atoms with E-state index in [2.05, 4.69) is 15.7 Å². The van der Waals surface area contributed by atoms with E-state index in [1.807, 2.05) is 92.2 Å². The van der Waals surface area contributed by atoms with Gasteiger partial charge in [0.1, 0.15) is 6.54 Å². The lowest BCUT2D eigenvalue weighted by Crippen LogP contribution is -2.36. The number of likely N-dealkylation sites (N-methyl/N-ethyl adjacent to an activating group) is 2. The summed E-state index contributed by atoms with van der Waals surface area (Å²) in [6, 6.07) is 7.41. The van der Waals surface area contributed by atoms with Crippen LogP contribution in [0.3, 0.4) is 0 Å². The summed E-state index contributed by atoms with van der Waals surface area (Å²) in [5.41, 5.74) is 2.70. The van der Waals surface area contributed by atoms with Crippen LogP contribution >= 0.6 is 0 Å². The van der Waals surface area contributed by atoms with Crippen LogP contribution in [0.1, 0.15) is 25.5 Å². The first-order valence-corrected chi connectivity index (χ1v) is 10.9. The molecule has 0 aliphatic rings. The molecule has 0 saturated carbocycles. The zero-order valence-electron chi connectivity index (χ0n) is 19.5. The summed E-state index contributed by atoms with van der Waals surface area (Å²) in [4.78, 5) is 28.8. The number of urea groups is 1. The first kappa shape index (κ1) is 23.3. The molecule has 3 amide bonds. The Kier molecular flexibility index (Phi) is 7.53. The Morgan fingerprint density at radius 1 is 1.16 bits per heavy atom. The molecule has 172 valence electrons. The van der Waals surface area contributed by atoms with E-state index in [4.69, 9.17) is 0 Å². The molecule has 0 aliphatic carbocycles. The van der Waals surface area contributed by atoms with Crippen LogP contribution in [0.5, 0.6) is 0 Å². The number of carbonyl (C=O) groups excluding carboxylic acids is 2. The van der Waals surface area contributed by atoms with Crippen molar-refractivity contribution in [1.82, 2.24) is 29.5 Å². The molecule has 2 aromatic heterocycles. The number of amides is 3. The fourth-order valence-corrected chi connectivity index (χ4v) is 3.81. The normalized spacial score (nSPS) is 12.2. The lowest BCUT2D eigenvalue weighted by molar-refractivity contribution is -0.131. The van der Waals surface area contributed by atoms with Crippen LogP contribution in [0.25, 0.3) is 10.9 Å². The lowest BCUT2D eigenvalue weighted by Gasteiger charge is -2.23. The molecule has 0 aliphatic heterocycles. The van der Waals surface area contributed by atoms with E-state index in [9.17, 15) is 9.59 Å². The average Bonchev–Trinajstić information content (AvgIpc) is 3.35. The first-order chi connectivity index (χ1) is 15.3. The van der Waals surface area contributed by atoms with E-state index in [1.54, 1.807) is 4.68 Å². The highest BCUT2D eigenvalue weighted by molar-refractivity contribution is 5.93. The highest BCUT2D eigenvalue weighted by Crippen LogP contribution is 2.21. The van der Waals surface area contributed by atoms with Crippen molar-refractivity contribution in [3.05, 3.63) is 48.4 Å². The monoisotopic (exact) mass is 439 g/mol. The van der Waals surface area contributed by atoms with Crippen LogP contribution in [-0.4, -0.2) is 69.8 Å². The molecule has 0 saturated heterocycles. The fraction of sp³-hybridized carbons (Fsp3) is 0.435. The number of rotatable bonds is 9.